The number of fused-ring (bicyclic) bond motifs is 1. The molecule has 0 radical (unpaired) electrons. The predicted octanol–water partition coefficient (Wildman–Crippen LogP) is 3.85. The van der Waals surface area contributed by atoms with Crippen molar-refractivity contribution < 1.29 is 4.74 Å². The van der Waals surface area contributed by atoms with Crippen LogP contribution in [-0.4, -0.2) is 12.6 Å². The lowest BCUT2D eigenvalue weighted by Gasteiger charge is -2.19. The summed E-state index contributed by atoms with van der Waals surface area (Å²) in [4.78, 5) is 0. The Morgan fingerprint density at radius 3 is 2.62 bits per heavy atom. The number of halogens is 1. The fourth-order valence-electron chi connectivity index (χ4n) is 2.97. The van der Waals surface area contributed by atoms with Crippen LogP contribution in [0.3, 0.4) is 0 Å². The minimum atomic E-state index is 0.253. The van der Waals surface area contributed by atoms with Gasteiger partial charge in [-0.3, -0.25) is 0 Å². The monoisotopic (exact) mass is 301 g/mol. The van der Waals surface area contributed by atoms with Crippen LogP contribution in [0.5, 0.6) is 5.75 Å². The first-order valence-electron chi connectivity index (χ1n) is 7.43. The quantitative estimate of drug-likeness (QED) is 0.910. The molecule has 0 saturated carbocycles. The summed E-state index contributed by atoms with van der Waals surface area (Å²) in [7, 11) is 0. The third kappa shape index (κ3) is 3.58. The van der Waals surface area contributed by atoms with E-state index in [9.17, 15) is 0 Å². The standard InChI is InChI=1S/C18H20ClNO/c19-16-7-5-13(6-8-16)9-14(12-20)10-17-11-15-3-1-2-4-18(15)21-17/h1-8,14,17H,9-12,20H2. The highest BCUT2D eigenvalue weighted by Crippen LogP contribution is 2.31. The summed E-state index contributed by atoms with van der Waals surface area (Å²) >= 11 is 5.93. The van der Waals surface area contributed by atoms with Gasteiger partial charge < -0.3 is 10.5 Å². The highest BCUT2D eigenvalue weighted by molar-refractivity contribution is 6.30. The van der Waals surface area contributed by atoms with Gasteiger partial charge in [-0.15, -0.1) is 0 Å². The van der Waals surface area contributed by atoms with Crippen molar-refractivity contribution in [2.24, 2.45) is 11.7 Å². The number of hydrogen-bond donors (Lipinski definition) is 1. The van der Waals surface area contributed by atoms with Crippen LogP contribution in [0.25, 0.3) is 0 Å². The van der Waals surface area contributed by atoms with E-state index in [0.29, 0.717) is 12.5 Å². The SMILES string of the molecule is NCC(Cc1ccc(Cl)cc1)CC1Cc2ccccc2O1. The number of ether oxygens (including phenoxy) is 1. The summed E-state index contributed by atoms with van der Waals surface area (Å²) in [5.41, 5.74) is 8.54. The summed E-state index contributed by atoms with van der Waals surface area (Å²) in [5.74, 6) is 1.47. The Bertz CT molecular complexity index is 571. The smallest absolute Gasteiger partial charge is 0.123 e. The van der Waals surface area contributed by atoms with Crippen molar-refractivity contribution in [3.63, 3.8) is 0 Å². The molecular weight excluding hydrogens is 282 g/mol. The minimum absolute atomic E-state index is 0.253. The molecule has 0 bridgehead atoms. The summed E-state index contributed by atoms with van der Waals surface area (Å²) in [6.07, 6.45) is 3.22. The first-order valence-corrected chi connectivity index (χ1v) is 7.81. The Balaban J connectivity index is 1.60. The molecule has 2 N–H and O–H groups in total. The lowest BCUT2D eigenvalue weighted by molar-refractivity contribution is 0.194. The Morgan fingerprint density at radius 2 is 1.90 bits per heavy atom. The molecule has 2 aromatic rings. The fourth-order valence-corrected chi connectivity index (χ4v) is 3.10. The van der Waals surface area contributed by atoms with E-state index in [1.165, 1.54) is 11.1 Å². The topological polar surface area (TPSA) is 35.2 Å². The van der Waals surface area contributed by atoms with Crippen LogP contribution in [0.2, 0.25) is 5.02 Å². The molecule has 1 aliphatic rings. The van der Waals surface area contributed by atoms with Gasteiger partial charge in [0, 0.05) is 11.4 Å². The Morgan fingerprint density at radius 1 is 1.14 bits per heavy atom. The van der Waals surface area contributed by atoms with Gasteiger partial charge in [-0.1, -0.05) is 41.9 Å². The third-order valence-electron chi connectivity index (χ3n) is 4.08. The molecule has 0 fully saturated rings. The van der Waals surface area contributed by atoms with E-state index in [1.807, 2.05) is 24.3 Å². The van der Waals surface area contributed by atoms with Gasteiger partial charge in [-0.25, -0.2) is 0 Å². The summed E-state index contributed by atoms with van der Waals surface area (Å²) in [5, 5.41) is 0.776. The molecule has 1 aliphatic heterocycles. The maximum atomic E-state index is 6.02. The van der Waals surface area contributed by atoms with Gasteiger partial charge in [0.25, 0.3) is 0 Å². The average Bonchev–Trinajstić information content (AvgIpc) is 2.91. The normalized spacial score (nSPS) is 18.1. The van der Waals surface area contributed by atoms with Crippen molar-refractivity contribution in [2.75, 3.05) is 6.54 Å². The van der Waals surface area contributed by atoms with E-state index in [0.717, 1.165) is 30.0 Å². The van der Waals surface area contributed by atoms with Crippen LogP contribution < -0.4 is 10.5 Å². The molecule has 2 atom stereocenters. The molecule has 0 aliphatic carbocycles. The maximum Gasteiger partial charge on any atom is 0.123 e. The molecule has 3 heteroatoms. The number of hydrogen-bond acceptors (Lipinski definition) is 2. The minimum Gasteiger partial charge on any atom is -0.490 e. The molecule has 3 rings (SSSR count). The first-order chi connectivity index (χ1) is 10.2. The van der Waals surface area contributed by atoms with E-state index >= 15 is 0 Å². The third-order valence-corrected chi connectivity index (χ3v) is 4.33. The molecule has 0 spiro atoms. The Labute approximate surface area is 130 Å². The van der Waals surface area contributed by atoms with Crippen LogP contribution in [0.15, 0.2) is 48.5 Å². The van der Waals surface area contributed by atoms with Crippen LogP contribution >= 0.6 is 11.6 Å². The first kappa shape index (κ1) is 14.4. The van der Waals surface area contributed by atoms with Gasteiger partial charge in [0.2, 0.25) is 0 Å². The molecular formula is C18H20ClNO. The zero-order valence-corrected chi connectivity index (χ0v) is 12.7. The lowest BCUT2D eigenvalue weighted by atomic mass is 9.92. The lowest BCUT2D eigenvalue weighted by Crippen LogP contribution is -2.25. The highest BCUT2D eigenvalue weighted by atomic mass is 35.5. The molecule has 2 nitrogen and oxygen atoms in total. The Hall–Kier alpha value is -1.51. The van der Waals surface area contributed by atoms with Crippen LogP contribution in [0, 0.1) is 5.92 Å². The van der Waals surface area contributed by atoms with Crippen molar-refractivity contribution >= 4 is 11.6 Å². The van der Waals surface area contributed by atoms with Crippen molar-refractivity contribution in [1.82, 2.24) is 0 Å². The van der Waals surface area contributed by atoms with E-state index in [2.05, 4.69) is 24.3 Å². The van der Waals surface area contributed by atoms with Gasteiger partial charge in [0.15, 0.2) is 0 Å². The van der Waals surface area contributed by atoms with Gasteiger partial charge in [-0.05, 0) is 54.6 Å². The van der Waals surface area contributed by atoms with E-state index in [4.69, 9.17) is 22.1 Å². The number of nitrogens with two attached hydrogens (primary N) is 1. The fraction of sp³-hybridized carbons (Fsp3) is 0.333. The molecule has 2 unspecified atom stereocenters. The molecule has 0 amide bonds. The molecule has 110 valence electrons. The summed E-state index contributed by atoms with van der Waals surface area (Å²) < 4.78 is 6.02. The van der Waals surface area contributed by atoms with Crippen molar-refractivity contribution in [2.45, 2.75) is 25.4 Å². The summed E-state index contributed by atoms with van der Waals surface area (Å²) in [6.45, 7) is 0.679. The van der Waals surface area contributed by atoms with Crippen molar-refractivity contribution in [3.05, 3.63) is 64.7 Å². The van der Waals surface area contributed by atoms with Crippen molar-refractivity contribution in [1.29, 1.82) is 0 Å². The zero-order valence-electron chi connectivity index (χ0n) is 12.0. The number of benzene rings is 2. The molecule has 21 heavy (non-hydrogen) atoms. The molecule has 1 heterocycles. The van der Waals surface area contributed by atoms with E-state index in [1.54, 1.807) is 0 Å². The Kier molecular flexibility index (Phi) is 4.47. The van der Waals surface area contributed by atoms with Crippen LogP contribution in [0.4, 0.5) is 0 Å². The van der Waals surface area contributed by atoms with Crippen LogP contribution in [-0.2, 0) is 12.8 Å². The largest absolute Gasteiger partial charge is 0.490 e. The number of rotatable bonds is 5. The second-order valence-electron chi connectivity index (χ2n) is 5.72. The number of para-hydroxylation sites is 1. The predicted molar refractivity (Wildman–Crippen MR) is 86.9 cm³/mol. The van der Waals surface area contributed by atoms with E-state index < -0.39 is 0 Å². The van der Waals surface area contributed by atoms with Gasteiger partial charge in [0.1, 0.15) is 11.9 Å². The maximum absolute atomic E-state index is 6.02. The van der Waals surface area contributed by atoms with Gasteiger partial charge >= 0.3 is 0 Å². The summed E-state index contributed by atoms with van der Waals surface area (Å²) in [6, 6.07) is 16.3. The second-order valence-corrected chi connectivity index (χ2v) is 6.16. The zero-order chi connectivity index (χ0) is 14.7. The average molecular weight is 302 g/mol. The highest BCUT2D eigenvalue weighted by Gasteiger charge is 2.25. The van der Waals surface area contributed by atoms with E-state index in [-0.39, 0.29) is 6.10 Å². The van der Waals surface area contributed by atoms with Crippen LogP contribution in [0.1, 0.15) is 17.5 Å². The molecule has 0 saturated heterocycles. The van der Waals surface area contributed by atoms with Gasteiger partial charge in [-0.2, -0.15) is 0 Å². The second kappa shape index (κ2) is 6.50. The molecule has 0 aromatic heterocycles. The molecule has 2 aromatic carbocycles. The van der Waals surface area contributed by atoms with Gasteiger partial charge in [0.05, 0.1) is 0 Å². The van der Waals surface area contributed by atoms with Crippen molar-refractivity contribution in [3.8, 4) is 5.75 Å².